The predicted molar refractivity (Wildman–Crippen MR) is 105 cm³/mol. The van der Waals surface area contributed by atoms with Gasteiger partial charge in [-0.25, -0.2) is 4.79 Å². The van der Waals surface area contributed by atoms with Crippen molar-refractivity contribution in [1.29, 1.82) is 0 Å². The summed E-state index contributed by atoms with van der Waals surface area (Å²) in [6.07, 6.45) is 3.95. The molecular formula is C22H23N2O3+. The van der Waals surface area contributed by atoms with Crippen LogP contribution in [-0.2, 0) is 6.54 Å². The average Bonchev–Trinajstić information content (AvgIpc) is 2.69. The molecule has 3 aromatic rings. The summed E-state index contributed by atoms with van der Waals surface area (Å²) in [4.78, 5) is 26.2. The molecule has 1 fully saturated rings. The van der Waals surface area contributed by atoms with Crippen LogP contribution in [0.15, 0.2) is 63.8 Å². The van der Waals surface area contributed by atoms with Crippen LogP contribution in [0.4, 0.5) is 5.69 Å². The molecule has 0 atom stereocenters. The Balaban J connectivity index is 1.46. The minimum Gasteiger partial charge on any atom is -0.422 e. The number of hydrogen-bond donors (Lipinski definition) is 2. The Bertz CT molecular complexity index is 1000. The van der Waals surface area contributed by atoms with Gasteiger partial charge >= 0.3 is 5.63 Å². The van der Waals surface area contributed by atoms with E-state index in [1.54, 1.807) is 23.1 Å². The molecule has 5 nitrogen and oxygen atoms in total. The van der Waals surface area contributed by atoms with Crippen LogP contribution < -0.4 is 15.8 Å². The van der Waals surface area contributed by atoms with Crippen molar-refractivity contribution in [2.45, 2.75) is 25.8 Å². The SMILES string of the molecule is O=C(Nc1ccc(C[NH+]2CCCCC2)cc1)c1cc2ccccc2oc1=O. The van der Waals surface area contributed by atoms with Crippen LogP contribution in [0.1, 0.15) is 35.2 Å². The van der Waals surface area contributed by atoms with Crippen LogP contribution in [0, 0.1) is 0 Å². The number of nitrogens with one attached hydrogen (secondary N) is 2. The zero-order valence-corrected chi connectivity index (χ0v) is 15.2. The van der Waals surface area contributed by atoms with Gasteiger partial charge in [0.2, 0.25) is 0 Å². The first-order chi connectivity index (χ1) is 13.2. The Morgan fingerprint density at radius 2 is 1.74 bits per heavy atom. The molecule has 0 unspecified atom stereocenters. The van der Waals surface area contributed by atoms with Crippen molar-refractivity contribution in [1.82, 2.24) is 0 Å². The number of para-hydroxylation sites is 1. The Morgan fingerprint density at radius 1 is 1.00 bits per heavy atom. The zero-order chi connectivity index (χ0) is 18.6. The first-order valence-corrected chi connectivity index (χ1v) is 9.46. The van der Waals surface area contributed by atoms with Gasteiger partial charge in [0.1, 0.15) is 17.7 Å². The number of anilines is 1. The second-order valence-electron chi connectivity index (χ2n) is 7.12. The van der Waals surface area contributed by atoms with Crippen molar-refractivity contribution in [2.75, 3.05) is 18.4 Å². The Labute approximate surface area is 157 Å². The van der Waals surface area contributed by atoms with E-state index in [1.807, 2.05) is 36.4 Å². The smallest absolute Gasteiger partial charge is 0.349 e. The van der Waals surface area contributed by atoms with Crippen LogP contribution in [0.25, 0.3) is 11.0 Å². The van der Waals surface area contributed by atoms with Crippen molar-refractivity contribution in [3.63, 3.8) is 0 Å². The molecule has 2 aromatic carbocycles. The number of quaternary nitrogens is 1. The van der Waals surface area contributed by atoms with Gasteiger partial charge in [0, 0.05) is 16.6 Å². The second kappa shape index (κ2) is 7.76. The quantitative estimate of drug-likeness (QED) is 0.701. The van der Waals surface area contributed by atoms with Gasteiger partial charge in [-0.2, -0.15) is 0 Å². The fraction of sp³-hybridized carbons (Fsp3) is 0.273. The van der Waals surface area contributed by atoms with E-state index in [0.29, 0.717) is 11.3 Å². The molecule has 0 bridgehead atoms. The van der Waals surface area contributed by atoms with Gasteiger partial charge in [0.25, 0.3) is 5.91 Å². The zero-order valence-electron chi connectivity index (χ0n) is 15.2. The van der Waals surface area contributed by atoms with Gasteiger partial charge in [-0.1, -0.05) is 30.3 Å². The van der Waals surface area contributed by atoms with Gasteiger partial charge in [-0.05, 0) is 43.5 Å². The van der Waals surface area contributed by atoms with E-state index in [2.05, 4.69) is 5.32 Å². The van der Waals surface area contributed by atoms with Gasteiger partial charge in [0.15, 0.2) is 0 Å². The molecule has 0 radical (unpaired) electrons. The van der Waals surface area contributed by atoms with Crippen LogP contribution in [0.5, 0.6) is 0 Å². The van der Waals surface area contributed by atoms with E-state index in [-0.39, 0.29) is 5.56 Å². The predicted octanol–water partition coefficient (Wildman–Crippen LogP) is 2.61. The highest BCUT2D eigenvalue weighted by atomic mass is 16.4. The summed E-state index contributed by atoms with van der Waals surface area (Å²) < 4.78 is 5.24. The van der Waals surface area contributed by atoms with Gasteiger partial charge in [-0.3, -0.25) is 4.79 Å². The minimum absolute atomic E-state index is 0.00976. The maximum Gasteiger partial charge on any atom is 0.349 e. The first-order valence-electron chi connectivity index (χ1n) is 9.46. The van der Waals surface area contributed by atoms with Crippen LogP contribution in [0.2, 0.25) is 0 Å². The Kier molecular flexibility index (Phi) is 5.03. The lowest BCUT2D eigenvalue weighted by molar-refractivity contribution is -0.918. The molecule has 0 aliphatic carbocycles. The lowest BCUT2D eigenvalue weighted by Crippen LogP contribution is -3.11. The number of carbonyl (C=O) groups excluding carboxylic acids is 1. The summed E-state index contributed by atoms with van der Waals surface area (Å²) >= 11 is 0. The number of carbonyl (C=O) groups is 1. The monoisotopic (exact) mass is 363 g/mol. The molecule has 5 heteroatoms. The fourth-order valence-electron chi connectivity index (χ4n) is 3.64. The van der Waals surface area contributed by atoms with Gasteiger partial charge < -0.3 is 14.6 Å². The molecule has 1 amide bonds. The molecule has 138 valence electrons. The van der Waals surface area contributed by atoms with Crippen molar-refractivity contribution in [2.24, 2.45) is 0 Å². The maximum absolute atomic E-state index is 12.5. The fourth-order valence-corrected chi connectivity index (χ4v) is 3.64. The van der Waals surface area contributed by atoms with Crippen molar-refractivity contribution < 1.29 is 14.1 Å². The topological polar surface area (TPSA) is 63.8 Å². The van der Waals surface area contributed by atoms with Crippen molar-refractivity contribution in [3.8, 4) is 0 Å². The third-order valence-electron chi connectivity index (χ3n) is 5.11. The Hall–Kier alpha value is -2.92. The molecule has 1 aromatic heterocycles. The van der Waals surface area contributed by atoms with Crippen molar-refractivity contribution in [3.05, 3.63) is 76.1 Å². The maximum atomic E-state index is 12.5. The summed E-state index contributed by atoms with van der Waals surface area (Å²) in [5, 5.41) is 3.51. The number of likely N-dealkylation sites (tertiary alicyclic amines) is 1. The molecular weight excluding hydrogens is 340 g/mol. The molecule has 1 aliphatic heterocycles. The molecule has 1 saturated heterocycles. The van der Waals surface area contributed by atoms with E-state index in [1.165, 1.54) is 37.9 Å². The number of hydrogen-bond acceptors (Lipinski definition) is 3. The first kappa shape index (κ1) is 17.5. The van der Waals surface area contributed by atoms with E-state index in [0.717, 1.165) is 11.9 Å². The Morgan fingerprint density at radius 3 is 2.52 bits per heavy atom. The van der Waals surface area contributed by atoms with Gasteiger partial charge in [-0.15, -0.1) is 0 Å². The lowest BCUT2D eigenvalue weighted by Gasteiger charge is -2.23. The largest absolute Gasteiger partial charge is 0.422 e. The van der Waals surface area contributed by atoms with Crippen molar-refractivity contribution >= 4 is 22.6 Å². The molecule has 2 heterocycles. The summed E-state index contributed by atoms with van der Waals surface area (Å²) in [7, 11) is 0. The molecule has 0 saturated carbocycles. The van der Waals surface area contributed by atoms with Crippen LogP contribution in [-0.4, -0.2) is 19.0 Å². The third kappa shape index (κ3) is 4.09. The lowest BCUT2D eigenvalue weighted by atomic mass is 10.1. The number of piperidine rings is 1. The van der Waals surface area contributed by atoms with E-state index < -0.39 is 11.5 Å². The van der Waals surface area contributed by atoms with E-state index >= 15 is 0 Å². The summed E-state index contributed by atoms with van der Waals surface area (Å²) in [5.41, 5.74) is 1.79. The number of amides is 1. The summed E-state index contributed by atoms with van der Waals surface area (Å²) in [5.74, 6) is -0.455. The summed E-state index contributed by atoms with van der Waals surface area (Å²) in [6, 6.07) is 16.6. The number of benzene rings is 2. The molecule has 27 heavy (non-hydrogen) atoms. The molecule has 0 spiro atoms. The standard InChI is InChI=1S/C22H22N2O3/c25-21(19-14-17-6-2-3-7-20(17)27-22(19)26)23-18-10-8-16(9-11-18)15-24-12-4-1-5-13-24/h2-3,6-11,14H,1,4-5,12-13,15H2,(H,23,25)/p+1. The minimum atomic E-state index is -0.628. The molecule has 1 aliphatic rings. The summed E-state index contributed by atoms with van der Waals surface area (Å²) in [6.45, 7) is 3.48. The highest BCUT2D eigenvalue weighted by molar-refractivity contribution is 6.05. The third-order valence-corrected chi connectivity index (χ3v) is 5.11. The number of fused-ring (bicyclic) bond motifs is 1. The normalized spacial score (nSPS) is 15.0. The highest BCUT2D eigenvalue weighted by Gasteiger charge is 2.15. The van der Waals surface area contributed by atoms with E-state index in [4.69, 9.17) is 4.42 Å². The molecule has 4 rings (SSSR count). The number of rotatable bonds is 4. The van der Waals surface area contributed by atoms with E-state index in [9.17, 15) is 9.59 Å². The highest BCUT2D eigenvalue weighted by Crippen LogP contribution is 2.15. The van der Waals surface area contributed by atoms with Gasteiger partial charge in [0.05, 0.1) is 13.1 Å². The van der Waals surface area contributed by atoms with Crippen LogP contribution in [0.3, 0.4) is 0 Å². The molecule has 2 N–H and O–H groups in total. The van der Waals surface area contributed by atoms with Crippen LogP contribution >= 0.6 is 0 Å². The average molecular weight is 363 g/mol. The second-order valence-corrected chi connectivity index (χ2v) is 7.12.